The zero-order chi connectivity index (χ0) is 33.2. The van der Waals surface area contributed by atoms with E-state index in [1.165, 1.54) is 0 Å². The summed E-state index contributed by atoms with van der Waals surface area (Å²) in [7, 11) is -6.21. The van der Waals surface area contributed by atoms with Gasteiger partial charge >= 0.3 is 15.6 Å². The molecule has 0 unspecified atom stereocenters. The van der Waals surface area contributed by atoms with Crippen molar-refractivity contribution in [2.75, 3.05) is 6.61 Å². The molecule has 250 valence electrons. The quantitative estimate of drug-likeness (QED) is 0.0723. The number of rotatable bonds is 15. The second kappa shape index (κ2) is 15.5. The Bertz CT molecular complexity index is 1580. The minimum atomic E-state index is -6.21. The molecule has 7 nitrogen and oxygen atoms in total. The monoisotopic (exact) mass is 670 g/mol. The van der Waals surface area contributed by atoms with Gasteiger partial charge in [0.2, 0.25) is 11.6 Å². The molecule has 0 spiro atoms. The summed E-state index contributed by atoms with van der Waals surface area (Å²) in [4.78, 5) is 0. The molecule has 47 heavy (non-hydrogen) atoms. The first-order chi connectivity index (χ1) is 22.6. The summed E-state index contributed by atoms with van der Waals surface area (Å²) in [6, 6.07) is 36.1. The topological polar surface area (TPSA) is 80.3 Å². The highest BCUT2D eigenvalue weighted by Gasteiger charge is 2.65. The van der Waals surface area contributed by atoms with E-state index in [0.717, 1.165) is 5.56 Å². The molecule has 0 aromatic heterocycles. The van der Waals surface area contributed by atoms with Crippen LogP contribution in [0.25, 0.3) is 0 Å². The van der Waals surface area contributed by atoms with Crippen LogP contribution in [0, 0.1) is 5.92 Å². The molecule has 4 aromatic rings. The fraction of sp³-hybridized carbons (Fsp3) is 0.333. The standard InChI is InChI=1S/C36H37F3O7S/c37-36(38,39)47(40,41)46-35(45-28-32-19-11-4-12-20-32)23-33(25-42-24-29-13-5-1-6-14-29)21-22-34(35,43-26-30-15-7-2-8-16-30)44-27-31-17-9-3-10-18-31/h1-20,33H,21-28H2/t33-,35+/m1/s1. The Hall–Kier alpha value is -3.58. The Balaban J connectivity index is 1.55. The van der Waals surface area contributed by atoms with Gasteiger partial charge in [0.05, 0.1) is 33.0 Å². The number of alkyl halides is 3. The van der Waals surface area contributed by atoms with E-state index in [2.05, 4.69) is 0 Å². The third kappa shape index (κ3) is 9.07. The average Bonchev–Trinajstić information content (AvgIpc) is 3.08. The highest BCUT2D eigenvalue weighted by molar-refractivity contribution is 7.87. The number of hydrogen-bond acceptors (Lipinski definition) is 7. The Kier molecular flexibility index (Phi) is 11.5. The SMILES string of the molecule is O=S(=O)(O[C@@]1(OCc2ccccc2)C[C@H](COCc2ccccc2)CCC1(OCc1ccccc1)OCc1ccccc1)C(F)(F)F. The molecule has 0 bridgehead atoms. The molecule has 1 fully saturated rings. The van der Waals surface area contributed by atoms with Crippen molar-refractivity contribution in [1.29, 1.82) is 0 Å². The molecule has 1 saturated carbocycles. The average molecular weight is 671 g/mol. The first-order valence-electron chi connectivity index (χ1n) is 15.3. The van der Waals surface area contributed by atoms with Gasteiger partial charge in [-0.15, -0.1) is 0 Å². The fourth-order valence-electron chi connectivity index (χ4n) is 5.53. The largest absolute Gasteiger partial charge is 0.523 e. The van der Waals surface area contributed by atoms with Crippen LogP contribution in [0.5, 0.6) is 0 Å². The van der Waals surface area contributed by atoms with E-state index in [-0.39, 0.29) is 45.9 Å². The summed E-state index contributed by atoms with van der Waals surface area (Å²) in [6.07, 6.45) is -0.00798. The zero-order valence-corrected chi connectivity index (χ0v) is 26.5. The van der Waals surface area contributed by atoms with Crippen LogP contribution in [-0.4, -0.2) is 32.1 Å². The summed E-state index contributed by atoms with van der Waals surface area (Å²) >= 11 is 0. The van der Waals surface area contributed by atoms with Gasteiger partial charge in [0.1, 0.15) is 0 Å². The lowest BCUT2D eigenvalue weighted by Gasteiger charge is -2.52. The number of ether oxygens (including phenoxy) is 4. The molecule has 0 radical (unpaired) electrons. The molecular weight excluding hydrogens is 633 g/mol. The lowest BCUT2D eigenvalue weighted by Crippen LogP contribution is -2.65. The van der Waals surface area contributed by atoms with Crippen molar-refractivity contribution >= 4 is 10.1 Å². The predicted molar refractivity (Wildman–Crippen MR) is 169 cm³/mol. The van der Waals surface area contributed by atoms with Crippen LogP contribution in [0.3, 0.4) is 0 Å². The van der Waals surface area contributed by atoms with E-state index < -0.39 is 33.1 Å². The van der Waals surface area contributed by atoms with Gasteiger partial charge in [-0.25, -0.2) is 4.18 Å². The molecule has 0 saturated heterocycles. The van der Waals surface area contributed by atoms with Crippen LogP contribution in [0.4, 0.5) is 13.2 Å². The summed E-state index contributed by atoms with van der Waals surface area (Å²) in [5.41, 5.74) is -2.85. The van der Waals surface area contributed by atoms with Gasteiger partial charge in [0.25, 0.3) is 0 Å². The van der Waals surface area contributed by atoms with Crippen LogP contribution >= 0.6 is 0 Å². The van der Waals surface area contributed by atoms with E-state index in [1.54, 1.807) is 78.9 Å². The van der Waals surface area contributed by atoms with Crippen molar-refractivity contribution in [1.82, 2.24) is 0 Å². The first kappa shape index (κ1) is 34.7. The minimum Gasteiger partial charge on any atom is -0.376 e. The molecular formula is C36H37F3O7S. The van der Waals surface area contributed by atoms with Crippen molar-refractivity contribution in [3.63, 3.8) is 0 Å². The van der Waals surface area contributed by atoms with Crippen molar-refractivity contribution in [2.45, 2.75) is 62.8 Å². The first-order valence-corrected chi connectivity index (χ1v) is 16.7. The fourth-order valence-corrected chi connectivity index (χ4v) is 6.22. The molecule has 1 aliphatic rings. The van der Waals surface area contributed by atoms with Crippen LogP contribution in [0.1, 0.15) is 41.5 Å². The van der Waals surface area contributed by atoms with Gasteiger partial charge in [0.15, 0.2) is 0 Å². The van der Waals surface area contributed by atoms with Gasteiger partial charge < -0.3 is 18.9 Å². The maximum absolute atomic E-state index is 14.1. The van der Waals surface area contributed by atoms with Gasteiger partial charge in [0, 0.05) is 12.8 Å². The molecule has 2 atom stereocenters. The summed E-state index contributed by atoms with van der Waals surface area (Å²) in [5.74, 6) is -5.10. The molecule has 0 amide bonds. The van der Waals surface area contributed by atoms with Gasteiger partial charge in [-0.05, 0) is 34.6 Å². The summed E-state index contributed by atoms with van der Waals surface area (Å²) in [5, 5.41) is 0. The van der Waals surface area contributed by atoms with E-state index in [9.17, 15) is 21.6 Å². The van der Waals surface area contributed by atoms with Crippen LogP contribution in [0.15, 0.2) is 121 Å². The molecule has 0 heterocycles. The van der Waals surface area contributed by atoms with E-state index in [0.29, 0.717) is 23.1 Å². The Labute approximate surface area is 273 Å². The highest BCUT2D eigenvalue weighted by Crippen LogP contribution is 2.50. The zero-order valence-electron chi connectivity index (χ0n) is 25.7. The van der Waals surface area contributed by atoms with E-state index in [4.69, 9.17) is 23.1 Å². The molecule has 11 heteroatoms. The van der Waals surface area contributed by atoms with Crippen molar-refractivity contribution in [2.24, 2.45) is 5.92 Å². The van der Waals surface area contributed by atoms with Crippen LogP contribution < -0.4 is 0 Å². The Morgan fingerprint density at radius 1 is 0.596 bits per heavy atom. The molecule has 1 aliphatic carbocycles. The number of benzene rings is 4. The van der Waals surface area contributed by atoms with Crippen molar-refractivity contribution in [3.8, 4) is 0 Å². The van der Waals surface area contributed by atoms with Gasteiger partial charge in [-0.3, -0.25) is 0 Å². The lowest BCUT2D eigenvalue weighted by atomic mass is 9.80. The number of hydrogen-bond donors (Lipinski definition) is 0. The van der Waals surface area contributed by atoms with Gasteiger partial charge in [-0.1, -0.05) is 121 Å². The maximum Gasteiger partial charge on any atom is 0.523 e. The van der Waals surface area contributed by atoms with Gasteiger partial charge in [-0.2, -0.15) is 21.6 Å². The third-order valence-electron chi connectivity index (χ3n) is 7.96. The molecule has 0 aliphatic heterocycles. The van der Waals surface area contributed by atoms with E-state index in [1.807, 2.05) is 42.5 Å². The Morgan fingerprint density at radius 3 is 1.38 bits per heavy atom. The van der Waals surface area contributed by atoms with Crippen molar-refractivity contribution in [3.05, 3.63) is 144 Å². The maximum atomic E-state index is 14.1. The molecule has 5 rings (SSSR count). The van der Waals surface area contributed by atoms with Crippen molar-refractivity contribution < 1.29 is 44.7 Å². The van der Waals surface area contributed by atoms with E-state index >= 15 is 0 Å². The highest BCUT2D eigenvalue weighted by atomic mass is 32.2. The minimum absolute atomic E-state index is 0.0474. The smallest absolute Gasteiger partial charge is 0.376 e. The summed E-state index contributed by atoms with van der Waals surface area (Å²) < 4.78 is 98.4. The van der Waals surface area contributed by atoms with Crippen LogP contribution in [0.2, 0.25) is 0 Å². The molecule has 4 aromatic carbocycles. The predicted octanol–water partition coefficient (Wildman–Crippen LogP) is 7.91. The third-order valence-corrected chi connectivity index (χ3v) is 9.01. The number of halogens is 3. The van der Waals surface area contributed by atoms with Crippen LogP contribution in [-0.2, 0) is 59.7 Å². The summed E-state index contributed by atoms with van der Waals surface area (Å²) in [6.45, 7) is -0.143. The molecule has 0 N–H and O–H groups in total. The second-order valence-corrected chi connectivity index (χ2v) is 13.0. The lowest BCUT2D eigenvalue weighted by molar-refractivity contribution is -0.415. The normalized spacial score (nSPS) is 19.8. The second-order valence-electron chi connectivity index (χ2n) is 11.4. The Morgan fingerprint density at radius 2 is 0.979 bits per heavy atom.